The molecule has 0 unspecified atom stereocenters. The third-order valence-electron chi connectivity index (χ3n) is 15.4. The molecule has 8 atom stereocenters. The molecule has 2 saturated carbocycles. The number of nitrogen functional groups attached to an aromatic ring is 1. The van der Waals surface area contributed by atoms with Crippen LogP contribution in [0, 0.1) is 0 Å². The summed E-state index contributed by atoms with van der Waals surface area (Å²) in [5, 5.41) is 10.9. The molecular weight excluding hydrogens is 1200 g/mol. The lowest BCUT2D eigenvalue weighted by atomic mass is 9.96. The van der Waals surface area contributed by atoms with Gasteiger partial charge in [0.05, 0.1) is 28.1 Å². The van der Waals surface area contributed by atoms with Crippen molar-refractivity contribution in [2.75, 3.05) is 29.5 Å². The Labute approximate surface area is 514 Å². The zero-order valence-electron chi connectivity index (χ0n) is 49.3. The van der Waals surface area contributed by atoms with Crippen LogP contribution >= 0.6 is 0 Å². The maximum atomic E-state index is 12.9. The van der Waals surface area contributed by atoms with Gasteiger partial charge in [0.25, 0.3) is 11.8 Å². The molecule has 4 amide bonds. The average Bonchev–Trinajstić information content (AvgIpc) is 1.62. The molecule has 2 aromatic carbocycles. The van der Waals surface area contributed by atoms with Crippen LogP contribution in [-0.4, -0.2) is 153 Å². The number of likely N-dealkylation sites (N-methyl/N-ethyl adjacent to an activating group) is 2. The van der Waals surface area contributed by atoms with Gasteiger partial charge in [-0.3, -0.25) is 24.0 Å². The first-order valence-electron chi connectivity index (χ1n) is 29.2. The standard InChI is InChI=1S/C28H36N8O7S.C15H20N6O4.C13H16N2O3S.CH4/c1-4-29-25(37)21-20-22(43-28(2,3)42-20)26(41-21)36-15-32-19-23(30-14-31-24(19)36)34-27(38)33-16-10-12-18(13-11-16)44(39,40)35-17-8-6-5-7-9-17;1-4-17-13(22)9-8-10(25-15(2,3)24-8)14(23-9)21-6-20-7-11(16)18-5-19-12(7)21;16-10-14-11-6-8-13(9-7-11)19(17,18)15-12-4-2-1-3-5-12;/h10-15,17,20-22,26,35H,4-9H2,1-3H3,(H,29,37)(H2,30,31,33,34,38);5-6,8-10,14H,4H2,1-3H3,(H,17,22)(H2,16,18,19);6-9,12,15H,1-5H2;1H4/t20-,21+,22-,26-;8-,9+,10-,14-;;/m11../s1. The highest BCUT2D eigenvalue weighted by molar-refractivity contribution is 7.89. The minimum Gasteiger partial charge on any atom is -0.382 e. The van der Waals surface area contributed by atoms with Crippen molar-refractivity contribution in [1.29, 1.82) is 0 Å². The molecule has 4 aromatic heterocycles. The number of nitrogens with zero attached hydrogens (tertiary/aromatic N) is 9. The number of ether oxygens (including phenoxy) is 6. The van der Waals surface area contributed by atoms with Crippen molar-refractivity contribution >= 4 is 89.3 Å². The molecule has 8 N–H and O–H groups in total. The summed E-state index contributed by atoms with van der Waals surface area (Å²) < 4.78 is 94.9. The van der Waals surface area contributed by atoms with Gasteiger partial charge in [0.2, 0.25) is 26.1 Å². The maximum absolute atomic E-state index is 12.9. The number of benzene rings is 2. The molecule has 4 aliphatic heterocycles. The summed E-state index contributed by atoms with van der Waals surface area (Å²) in [5.74, 6) is -1.86. The number of rotatable bonds is 15. The smallest absolute Gasteiger partial charge is 0.324 e. The van der Waals surface area contributed by atoms with E-state index in [1.54, 1.807) is 29.3 Å². The number of aromatic nitrogens is 8. The zero-order valence-corrected chi connectivity index (χ0v) is 51.0. The van der Waals surface area contributed by atoms with Gasteiger partial charge in [-0.2, -0.15) is 4.99 Å². The van der Waals surface area contributed by atoms with Crippen molar-refractivity contribution in [2.24, 2.45) is 4.99 Å². The van der Waals surface area contributed by atoms with Gasteiger partial charge >= 0.3 is 6.03 Å². The molecule has 0 spiro atoms. The van der Waals surface area contributed by atoms with Gasteiger partial charge in [0, 0.05) is 30.9 Å². The SMILES string of the molecule is C.CCNC(=O)[C@H]1O[C@@H](n2cnc3c(N)ncnc32)[C@@H]2OC(C)(C)O[C@@H]21.CCNC(=O)[C@H]1O[C@@H](n2cnc3c(NC(=O)Nc4ccc(S(=O)(=O)NC5CCCCC5)cc4)ncnc32)[C@@H]2OC(C)(C)O[C@@H]21.O=C=Nc1ccc(S(=O)(=O)NC2CCCCC2)cc1. The van der Waals surface area contributed by atoms with Gasteiger partial charge in [-0.05, 0) is 116 Å². The second-order valence-corrected chi connectivity index (χ2v) is 26.1. The van der Waals surface area contributed by atoms with E-state index in [0.29, 0.717) is 41.3 Å². The first-order valence-corrected chi connectivity index (χ1v) is 32.1. The van der Waals surface area contributed by atoms with Crippen LogP contribution in [0.15, 0.2) is 88.6 Å². The van der Waals surface area contributed by atoms with E-state index in [-0.39, 0.29) is 58.3 Å². The Hall–Kier alpha value is -7.49. The van der Waals surface area contributed by atoms with Gasteiger partial charge in [0.1, 0.15) is 42.6 Å². The number of carbonyl (C=O) groups excluding carboxylic acids is 4. The van der Waals surface area contributed by atoms with Crippen molar-refractivity contribution in [1.82, 2.24) is 59.1 Å². The van der Waals surface area contributed by atoms with Crippen molar-refractivity contribution in [2.45, 2.75) is 196 Å². The molecule has 0 radical (unpaired) electrons. The molecule has 0 bridgehead atoms. The van der Waals surface area contributed by atoms with Crippen LogP contribution < -0.4 is 36.4 Å². The Balaban J connectivity index is 0.000000176. The predicted octanol–water partition coefficient (Wildman–Crippen LogP) is 5.50. The number of amides is 4. The molecule has 89 heavy (non-hydrogen) atoms. The van der Waals surface area contributed by atoms with Crippen molar-refractivity contribution < 1.29 is 64.4 Å². The van der Waals surface area contributed by atoms with Crippen molar-refractivity contribution in [3.05, 3.63) is 73.8 Å². The lowest BCUT2D eigenvalue weighted by Crippen LogP contribution is -2.42. The predicted molar refractivity (Wildman–Crippen MR) is 322 cm³/mol. The van der Waals surface area contributed by atoms with E-state index in [1.807, 2.05) is 27.7 Å². The largest absolute Gasteiger partial charge is 0.382 e. The number of anilines is 3. The summed E-state index contributed by atoms with van der Waals surface area (Å²) in [5.41, 5.74) is 8.26. The summed E-state index contributed by atoms with van der Waals surface area (Å²) in [6, 6.07) is 11.2. The Morgan fingerprint density at radius 1 is 0.607 bits per heavy atom. The normalized spacial score (nSPS) is 24.6. The maximum Gasteiger partial charge on any atom is 0.324 e. The fourth-order valence-corrected chi connectivity index (χ4v) is 14.1. The van der Waals surface area contributed by atoms with Gasteiger partial charge in [0.15, 0.2) is 64.7 Å². The number of fused-ring (bicyclic) bond motifs is 4. The molecular formula is C57H76N16O14S2. The number of carbonyl (C=O) groups is 3. The third kappa shape index (κ3) is 15.1. The number of nitrogens with two attached hydrogens (primary N) is 1. The molecule has 4 saturated heterocycles. The van der Waals surface area contributed by atoms with E-state index >= 15 is 0 Å². The summed E-state index contributed by atoms with van der Waals surface area (Å²) in [7, 11) is -7.14. The van der Waals surface area contributed by atoms with Crippen molar-refractivity contribution in [3.8, 4) is 0 Å². The molecule has 30 nitrogen and oxygen atoms in total. The van der Waals surface area contributed by atoms with Gasteiger partial charge in [-0.1, -0.05) is 46.0 Å². The number of sulfonamides is 2. The number of aliphatic imine (C=N–C) groups is 1. The van der Waals surface area contributed by atoms with Crippen LogP contribution in [0.2, 0.25) is 0 Å². The fraction of sp³-hybridized carbons (Fsp3) is 0.544. The van der Waals surface area contributed by atoms with Gasteiger partial charge < -0.3 is 50.1 Å². The third-order valence-corrected chi connectivity index (χ3v) is 18.5. The number of hydrogen-bond acceptors (Lipinski definition) is 22. The van der Waals surface area contributed by atoms with E-state index in [9.17, 15) is 36.0 Å². The minimum absolute atomic E-state index is 0. The van der Waals surface area contributed by atoms with Gasteiger partial charge in [-0.25, -0.2) is 65.8 Å². The number of urea groups is 1. The monoisotopic (exact) mass is 1270 g/mol. The van der Waals surface area contributed by atoms with E-state index in [1.165, 1.54) is 80.0 Å². The Morgan fingerprint density at radius 2 is 1.04 bits per heavy atom. The van der Waals surface area contributed by atoms with E-state index in [0.717, 1.165) is 57.8 Å². The number of imidazole rings is 2. The molecule has 8 heterocycles. The van der Waals surface area contributed by atoms with Gasteiger partial charge in [-0.15, -0.1) is 0 Å². The summed E-state index contributed by atoms with van der Waals surface area (Å²) >= 11 is 0. The second-order valence-electron chi connectivity index (χ2n) is 22.7. The molecule has 12 rings (SSSR count). The van der Waals surface area contributed by atoms with Crippen LogP contribution in [-0.2, 0) is 62.9 Å². The lowest BCUT2D eigenvalue weighted by molar-refractivity contribution is -0.198. The number of isocyanates is 1. The highest BCUT2D eigenvalue weighted by atomic mass is 32.2. The Kier molecular flexibility index (Phi) is 20.5. The van der Waals surface area contributed by atoms with Crippen LogP contribution in [0.25, 0.3) is 22.3 Å². The molecule has 6 aliphatic rings. The first kappa shape index (κ1) is 65.9. The van der Waals surface area contributed by atoms with E-state index in [2.05, 4.69) is 65.6 Å². The summed E-state index contributed by atoms with van der Waals surface area (Å²) in [6.07, 6.45) is 11.7. The fourth-order valence-electron chi connectivity index (χ4n) is 11.5. The highest BCUT2D eigenvalue weighted by Gasteiger charge is 2.60. The molecule has 2 aliphatic carbocycles. The first-order chi connectivity index (χ1) is 42.1. The highest BCUT2D eigenvalue weighted by Crippen LogP contribution is 2.45. The van der Waals surface area contributed by atoms with Crippen LogP contribution in [0.1, 0.15) is 126 Å². The summed E-state index contributed by atoms with van der Waals surface area (Å²) in [6.45, 7) is 11.8. The zero-order chi connectivity index (χ0) is 62.5. The molecule has 32 heteroatoms. The number of nitrogens with one attached hydrogen (secondary N) is 6. The average molecular weight is 1270 g/mol. The summed E-state index contributed by atoms with van der Waals surface area (Å²) in [4.78, 5) is 77.2. The number of hydrogen-bond donors (Lipinski definition) is 7. The van der Waals surface area contributed by atoms with Crippen LogP contribution in [0.4, 0.5) is 27.8 Å². The lowest BCUT2D eigenvalue weighted by Gasteiger charge is -2.24. The van der Waals surface area contributed by atoms with E-state index < -0.39 is 86.7 Å². The Morgan fingerprint density at radius 3 is 1.52 bits per heavy atom. The Bertz CT molecular complexity index is 3760. The molecule has 480 valence electrons. The van der Waals surface area contributed by atoms with Crippen LogP contribution in [0.5, 0.6) is 0 Å². The van der Waals surface area contributed by atoms with Crippen molar-refractivity contribution in [3.63, 3.8) is 0 Å². The van der Waals surface area contributed by atoms with Crippen LogP contribution in [0.3, 0.4) is 0 Å². The molecule has 6 fully saturated rings. The minimum atomic E-state index is -3.66. The molecule has 6 aromatic rings. The second kappa shape index (κ2) is 27.7. The topological polar surface area (TPSA) is 390 Å². The van der Waals surface area contributed by atoms with E-state index in [4.69, 9.17) is 34.2 Å². The quantitative estimate of drug-likeness (QED) is 0.0493.